The van der Waals surface area contributed by atoms with E-state index in [4.69, 9.17) is 0 Å². The molecule has 1 atom stereocenters. The summed E-state index contributed by atoms with van der Waals surface area (Å²) < 4.78 is 13.6. The number of hydrogen-bond acceptors (Lipinski definition) is 0. The van der Waals surface area contributed by atoms with Crippen molar-refractivity contribution in [2.24, 2.45) is 0 Å². The largest absolute Gasteiger partial charge is 0.207 e. The molecule has 0 aliphatic heterocycles. The molecule has 1 aromatic carbocycles. The van der Waals surface area contributed by atoms with E-state index in [2.05, 4.69) is 29.4 Å². The van der Waals surface area contributed by atoms with Crippen LogP contribution in [0.15, 0.2) is 35.3 Å². The zero-order valence-corrected chi connectivity index (χ0v) is 8.14. The topological polar surface area (TPSA) is 0 Å². The van der Waals surface area contributed by atoms with E-state index in [-0.39, 0.29) is 11.7 Å². The molecule has 1 aromatic rings. The number of halogens is 2. The van der Waals surface area contributed by atoms with Crippen molar-refractivity contribution in [3.63, 3.8) is 0 Å². The molecule has 0 fully saturated rings. The predicted octanol–water partition coefficient (Wildman–Crippen LogP) is 3.69. The summed E-state index contributed by atoms with van der Waals surface area (Å²) in [7, 11) is 0. The Kier molecular flexibility index (Phi) is 3.04. The van der Waals surface area contributed by atoms with Crippen LogP contribution in [0.3, 0.4) is 0 Å². The van der Waals surface area contributed by atoms with E-state index in [0.717, 1.165) is 10.0 Å². The summed E-state index contributed by atoms with van der Waals surface area (Å²) in [5.74, 6) is -0.321. The van der Waals surface area contributed by atoms with Crippen LogP contribution in [-0.4, -0.2) is 0 Å². The van der Waals surface area contributed by atoms with Crippen molar-refractivity contribution in [1.82, 2.24) is 0 Å². The normalized spacial score (nSPS) is 12.6. The molecule has 0 N–H and O–H groups in total. The minimum absolute atomic E-state index is 0.0740. The van der Waals surface area contributed by atoms with Crippen LogP contribution in [0.1, 0.15) is 11.5 Å². The van der Waals surface area contributed by atoms with Gasteiger partial charge in [-0.25, -0.2) is 4.39 Å². The highest BCUT2D eigenvalue weighted by molar-refractivity contribution is 9.10. The van der Waals surface area contributed by atoms with Gasteiger partial charge in [0.25, 0.3) is 0 Å². The van der Waals surface area contributed by atoms with Gasteiger partial charge in [-0.1, -0.05) is 22.0 Å². The maximum absolute atomic E-state index is 12.8. The van der Waals surface area contributed by atoms with E-state index in [1.54, 1.807) is 12.1 Å². The molecule has 1 unspecified atom stereocenters. The van der Waals surface area contributed by atoms with Gasteiger partial charge in [-0.15, -0.1) is 6.58 Å². The monoisotopic (exact) mass is 227 g/mol. The first-order valence-electron chi connectivity index (χ1n) is 3.55. The average Bonchev–Trinajstić information content (AvgIpc) is 2.08. The highest BCUT2D eigenvalue weighted by atomic mass is 79.9. The Bertz CT molecular complexity index is 294. The molecule has 2 heteroatoms. The lowest BCUT2D eigenvalue weighted by Crippen LogP contribution is -1.91. The fourth-order valence-corrected chi connectivity index (χ4v) is 1.47. The molecule has 0 saturated heterocycles. The van der Waals surface area contributed by atoms with E-state index in [1.165, 1.54) is 12.1 Å². The lowest BCUT2D eigenvalue weighted by molar-refractivity contribution is 0.625. The van der Waals surface area contributed by atoms with Crippen LogP contribution in [-0.2, 0) is 0 Å². The maximum atomic E-state index is 12.8. The van der Waals surface area contributed by atoms with Crippen molar-refractivity contribution in [2.75, 3.05) is 0 Å². The van der Waals surface area contributed by atoms with Crippen molar-refractivity contribution >= 4 is 15.9 Å². The summed E-state index contributed by atoms with van der Waals surface area (Å²) in [6, 6.07) is 4.54. The third-order valence-corrected chi connectivity index (χ3v) is 2.36. The number of hydrogen-bond donors (Lipinski definition) is 0. The Morgan fingerprint density at radius 3 is 2.75 bits per heavy atom. The van der Waals surface area contributed by atoms with Gasteiger partial charge in [0.1, 0.15) is 5.82 Å². The lowest BCUT2D eigenvalue weighted by atomic mass is 10.0. The van der Waals surface area contributed by atoms with Crippen molar-refractivity contribution in [3.05, 3.63) is 53.6 Å². The van der Waals surface area contributed by atoms with Crippen molar-refractivity contribution < 1.29 is 4.39 Å². The van der Waals surface area contributed by atoms with E-state index < -0.39 is 0 Å². The fraction of sp³-hybridized carbons (Fsp3) is 0.100. The molecule has 0 nitrogen and oxygen atoms in total. The molecule has 1 rings (SSSR count). The van der Waals surface area contributed by atoms with Gasteiger partial charge >= 0.3 is 0 Å². The molecule has 0 heterocycles. The Labute approximate surface area is 80.2 Å². The summed E-state index contributed by atoms with van der Waals surface area (Å²) in [5.41, 5.74) is 0.824. The second-order valence-corrected chi connectivity index (χ2v) is 3.36. The van der Waals surface area contributed by atoms with Gasteiger partial charge in [0.2, 0.25) is 0 Å². The van der Waals surface area contributed by atoms with Crippen molar-refractivity contribution in [2.45, 2.75) is 5.92 Å². The Hall–Kier alpha value is -0.630. The zero-order chi connectivity index (χ0) is 9.14. The maximum Gasteiger partial charge on any atom is 0.123 e. The van der Waals surface area contributed by atoms with Gasteiger partial charge in [-0.2, -0.15) is 0 Å². The average molecular weight is 228 g/mol. The highest BCUT2D eigenvalue weighted by Crippen LogP contribution is 2.25. The third-order valence-electron chi connectivity index (χ3n) is 1.64. The zero-order valence-electron chi connectivity index (χ0n) is 6.56. The van der Waals surface area contributed by atoms with Crippen LogP contribution < -0.4 is 0 Å². The van der Waals surface area contributed by atoms with Gasteiger partial charge in [-0.05, 0) is 30.7 Å². The van der Waals surface area contributed by atoms with Crippen LogP contribution in [0.2, 0.25) is 0 Å². The van der Waals surface area contributed by atoms with E-state index in [0.29, 0.717) is 0 Å². The summed E-state index contributed by atoms with van der Waals surface area (Å²) in [5, 5.41) is 0. The van der Waals surface area contributed by atoms with Gasteiger partial charge in [0.15, 0.2) is 0 Å². The van der Waals surface area contributed by atoms with E-state index >= 15 is 0 Å². The van der Waals surface area contributed by atoms with Gasteiger partial charge < -0.3 is 0 Å². The molecule has 63 valence electrons. The minimum Gasteiger partial charge on any atom is -0.207 e. The van der Waals surface area contributed by atoms with Crippen LogP contribution in [0.25, 0.3) is 0 Å². The number of allylic oxidation sites excluding steroid dienone is 1. The number of benzene rings is 1. The SMILES string of the molecule is [CH2]C(C=C)c1cc(F)ccc1Br. The third kappa shape index (κ3) is 1.95. The molecule has 0 amide bonds. The van der Waals surface area contributed by atoms with Crippen molar-refractivity contribution in [3.8, 4) is 0 Å². The molecular weight excluding hydrogens is 219 g/mol. The van der Waals surface area contributed by atoms with Gasteiger partial charge in [-0.3, -0.25) is 0 Å². The molecule has 12 heavy (non-hydrogen) atoms. The molecule has 1 radical (unpaired) electrons. The van der Waals surface area contributed by atoms with Gasteiger partial charge in [0, 0.05) is 10.4 Å². The van der Waals surface area contributed by atoms with Crippen LogP contribution in [0, 0.1) is 12.7 Å². The Balaban J connectivity index is 3.12. The molecule has 0 aromatic heterocycles. The predicted molar refractivity (Wildman–Crippen MR) is 52.4 cm³/mol. The van der Waals surface area contributed by atoms with Crippen LogP contribution in [0.5, 0.6) is 0 Å². The molecular formula is C10H9BrF. The van der Waals surface area contributed by atoms with Crippen LogP contribution >= 0.6 is 15.9 Å². The first-order valence-corrected chi connectivity index (χ1v) is 4.35. The van der Waals surface area contributed by atoms with E-state index in [9.17, 15) is 4.39 Å². The molecule has 0 aliphatic rings. The minimum atomic E-state index is -0.247. The molecule has 0 spiro atoms. The van der Waals surface area contributed by atoms with Crippen molar-refractivity contribution in [1.29, 1.82) is 0 Å². The van der Waals surface area contributed by atoms with E-state index in [1.807, 2.05) is 0 Å². The standard InChI is InChI=1S/C10H9BrF/c1-3-7(2)9-6-8(12)4-5-10(9)11/h3-7H,1-2H2. The lowest BCUT2D eigenvalue weighted by Gasteiger charge is -2.08. The highest BCUT2D eigenvalue weighted by Gasteiger charge is 2.06. The second kappa shape index (κ2) is 3.85. The molecule has 0 saturated carbocycles. The summed E-state index contributed by atoms with van der Waals surface area (Å²) >= 11 is 3.32. The smallest absolute Gasteiger partial charge is 0.123 e. The first kappa shape index (κ1) is 9.46. The van der Waals surface area contributed by atoms with Crippen LogP contribution in [0.4, 0.5) is 4.39 Å². The first-order chi connectivity index (χ1) is 5.65. The summed E-state index contributed by atoms with van der Waals surface area (Å²) in [4.78, 5) is 0. The summed E-state index contributed by atoms with van der Waals surface area (Å²) in [6.07, 6.45) is 1.68. The molecule has 0 bridgehead atoms. The fourth-order valence-electron chi connectivity index (χ4n) is 0.926. The Morgan fingerprint density at radius 1 is 1.50 bits per heavy atom. The van der Waals surface area contributed by atoms with Gasteiger partial charge in [0.05, 0.1) is 0 Å². The molecule has 0 aliphatic carbocycles. The Morgan fingerprint density at radius 2 is 2.17 bits per heavy atom. The number of rotatable bonds is 2. The summed E-state index contributed by atoms with van der Waals surface area (Å²) in [6.45, 7) is 7.42. The quantitative estimate of drug-likeness (QED) is 0.677. The second-order valence-electron chi connectivity index (χ2n) is 2.51.